The molecule has 0 unspecified atom stereocenters. The predicted molar refractivity (Wildman–Crippen MR) is 73.9 cm³/mol. The van der Waals surface area contributed by atoms with Gasteiger partial charge in [-0.15, -0.1) is 5.73 Å². The molecule has 2 heteroatoms. The number of hydrogen-bond acceptors (Lipinski definition) is 1. The second kappa shape index (κ2) is 5.68. The number of hydrogen-bond donors (Lipinski definition) is 0. The highest BCUT2D eigenvalue weighted by Crippen LogP contribution is 2.36. The third-order valence-corrected chi connectivity index (χ3v) is 3.76. The molecule has 1 aromatic rings. The molecule has 1 nitrogen and oxygen atoms in total. The lowest BCUT2D eigenvalue weighted by Crippen LogP contribution is -2.23. The molecule has 2 rings (SSSR count). The van der Waals surface area contributed by atoms with Gasteiger partial charge in [0, 0.05) is 10.0 Å². The first-order valence-electron chi connectivity index (χ1n) is 6.04. The fourth-order valence-electron chi connectivity index (χ4n) is 2.19. The number of benzene rings is 1. The summed E-state index contributed by atoms with van der Waals surface area (Å²) in [6.45, 7) is 5.95. The lowest BCUT2D eigenvalue weighted by atomic mass is 9.93. The van der Waals surface area contributed by atoms with Gasteiger partial charge in [-0.05, 0) is 37.0 Å². The Balaban J connectivity index is 2.26. The molecule has 1 heterocycles. The predicted octanol–water partition coefficient (Wildman–Crippen LogP) is 4.79. The fourth-order valence-corrected chi connectivity index (χ4v) is 2.45. The molecule has 2 atom stereocenters. The normalized spacial score (nSPS) is 24.5. The molecule has 0 N–H and O–H groups in total. The van der Waals surface area contributed by atoms with Crippen LogP contribution in [0.3, 0.4) is 0 Å². The summed E-state index contributed by atoms with van der Waals surface area (Å²) in [5.41, 5.74) is 5.41. The molecule has 1 aliphatic rings. The standard InChI is InChI=1S/C15H17BrO/c1-3-11-7-10-14(4-2)17-15(11)12-5-8-13(16)9-6-12/h5-6,8-9,14-15H,1,4,7,10H2,2H3/t14-,15-/m0/s1. The summed E-state index contributed by atoms with van der Waals surface area (Å²) in [6.07, 6.45) is 3.60. The molecule has 0 aromatic heterocycles. The maximum absolute atomic E-state index is 6.11. The monoisotopic (exact) mass is 292 g/mol. The lowest BCUT2D eigenvalue weighted by Gasteiger charge is -2.31. The Labute approximate surface area is 111 Å². The summed E-state index contributed by atoms with van der Waals surface area (Å²) >= 11 is 3.45. The molecule has 1 aliphatic heterocycles. The quantitative estimate of drug-likeness (QED) is 0.712. The zero-order valence-electron chi connectivity index (χ0n) is 10.1. The van der Waals surface area contributed by atoms with Crippen LogP contribution >= 0.6 is 15.9 Å². The molecule has 1 saturated heterocycles. The third kappa shape index (κ3) is 2.90. The van der Waals surface area contributed by atoms with Crippen molar-refractivity contribution in [2.75, 3.05) is 0 Å². The van der Waals surface area contributed by atoms with E-state index in [0.29, 0.717) is 6.10 Å². The smallest absolute Gasteiger partial charge is 0.111 e. The van der Waals surface area contributed by atoms with Gasteiger partial charge in [0.1, 0.15) is 6.10 Å². The van der Waals surface area contributed by atoms with Crippen molar-refractivity contribution in [3.8, 4) is 0 Å². The zero-order valence-corrected chi connectivity index (χ0v) is 11.7. The van der Waals surface area contributed by atoms with Crippen molar-refractivity contribution in [3.63, 3.8) is 0 Å². The summed E-state index contributed by atoms with van der Waals surface area (Å²) < 4.78 is 7.20. The number of ether oxygens (including phenoxy) is 1. The van der Waals surface area contributed by atoms with E-state index in [1.807, 2.05) is 0 Å². The average molecular weight is 293 g/mol. The van der Waals surface area contributed by atoms with Crippen LogP contribution < -0.4 is 0 Å². The molecule has 0 amide bonds. The molecule has 17 heavy (non-hydrogen) atoms. The van der Waals surface area contributed by atoms with Gasteiger partial charge in [-0.2, -0.15) is 0 Å². The zero-order chi connectivity index (χ0) is 12.3. The van der Waals surface area contributed by atoms with Crippen molar-refractivity contribution in [2.45, 2.75) is 38.4 Å². The molecule has 1 aromatic carbocycles. The summed E-state index contributed by atoms with van der Waals surface area (Å²) in [4.78, 5) is 0. The first-order chi connectivity index (χ1) is 8.24. The van der Waals surface area contributed by atoms with Crippen molar-refractivity contribution >= 4 is 15.9 Å². The molecule has 0 bridgehead atoms. The fraction of sp³-hybridized carbons (Fsp3) is 0.400. The van der Waals surface area contributed by atoms with Gasteiger partial charge in [0.15, 0.2) is 0 Å². The van der Waals surface area contributed by atoms with Crippen molar-refractivity contribution in [1.29, 1.82) is 0 Å². The highest BCUT2D eigenvalue weighted by Gasteiger charge is 2.26. The van der Waals surface area contributed by atoms with Crippen LogP contribution in [0.2, 0.25) is 0 Å². The van der Waals surface area contributed by atoms with E-state index in [0.717, 1.165) is 23.7 Å². The van der Waals surface area contributed by atoms with Crippen molar-refractivity contribution < 1.29 is 4.74 Å². The highest BCUT2D eigenvalue weighted by molar-refractivity contribution is 9.10. The highest BCUT2D eigenvalue weighted by atomic mass is 79.9. The van der Waals surface area contributed by atoms with Crippen molar-refractivity contribution in [3.05, 3.63) is 52.2 Å². The van der Waals surface area contributed by atoms with Crippen LogP contribution in [0.15, 0.2) is 46.6 Å². The van der Waals surface area contributed by atoms with E-state index in [2.05, 4.69) is 59.4 Å². The van der Waals surface area contributed by atoms with Crippen LogP contribution in [0.5, 0.6) is 0 Å². The molecule has 0 spiro atoms. The Bertz CT molecular complexity index is 429. The van der Waals surface area contributed by atoms with Gasteiger partial charge in [0.25, 0.3) is 0 Å². The van der Waals surface area contributed by atoms with Crippen LogP contribution in [-0.2, 0) is 4.74 Å². The van der Waals surface area contributed by atoms with E-state index < -0.39 is 0 Å². The van der Waals surface area contributed by atoms with Crippen LogP contribution in [0, 0.1) is 0 Å². The van der Waals surface area contributed by atoms with Gasteiger partial charge in [0.05, 0.1) is 6.10 Å². The van der Waals surface area contributed by atoms with Gasteiger partial charge >= 0.3 is 0 Å². The van der Waals surface area contributed by atoms with Crippen LogP contribution in [0.1, 0.15) is 37.9 Å². The SMILES string of the molecule is C=C=C1CC[C@H](CC)O[C@@H]1c1ccc(Br)cc1. The molecular weight excluding hydrogens is 276 g/mol. The van der Waals surface area contributed by atoms with E-state index in [9.17, 15) is 0 Å². The van der Waals surface area contributed by atoms with Gasteiger partial charge in [-0.1, -0.05) is 41.6 Å². The van der Waals surface area contributed by atoms with Crippen LogP contribution in [0.25, 0.3) is 0 Å². The van der Waals surface area contributed by atoms with E-state index >= 15 is 0 Å². The van der Waals surface area contributed by atoms with Gasteiger partial charge in [-0.25, -0.2) is 0 Å². The summed E-state index contributed by atoms with van der Waals surface area (Å²) in [5, 5.41) is 0. The second-order valence-corrected chi connectivity index (χ2v) is 5.25. The maximum Gasteiger partial charge on any atom is 0.111 e. The minimum absolute atomic E-state index is 0.0410. The minimum Gasteiger partial charge on any atom is -0.365 e. The van der Waals surface area contributed by atoms with Gasteiger partial charge in [-0.3, -0.25) is 0 Å². The Morgan fingerprint density at radius 3 is 2.71 bits per heavy atom. The molecule has 0 aliphatic carbocycles. The lowest BCUT2D eigenvalue weighted by molar-refractivity contribution is -0.0217. The molecule has 1 fully saturated rings. The Hall–Kier alpha value is -0.820. The van der Waals surface area contributed by atoms with E-state index in [-0.39, 0.29) is 6.10 Å². The third-order valence-electron chi connectivity index (χ3n) is 3.24. The van der Waals surface area contributed by atoms with Crippen molar-refractivity contribution in [1.82, 2.24) is 0 Å². The van der Waals surface area contributed by atoms with E-state index in [4.69, 9.17) is 4.74 Å². The summed E-state index contributed by atoms with van der Waals surface area (Å²) in [6, 6.07) is 8.30. The topological polar surface area (TPSA) is 9.23 Å². The summed E-state index contributed by atoms with van der Waals surface area (Å²) in [7, 11) is 0. The Morgan fingerprint density at radius 2 is 2.12 bits per heavy atom. The van der Waals surface area contributed by atoms with E-state index in [1.54, 1.807) is 0 Å². The molecule has 0 radical (unpaired) electrons. The molecule has 90 valence electrons. The number of rotatable bonds is 2. The molecular formula is C15H17BrO. The second-order valence-electron chi connectivity index (χ2n) is 4.34. The Kier molecular flexibility index (Phi) is 4.22. The minimum atomic E-state index is 0.0410. The van der Waals surface area contributed by atoms with Gasteiger partial charge < -0.3 is 4.74 Å². The van der Waals surface area contributed by atoms with Crippen LogP contribution in [0.4, 0.5) is 0 Å². The molecule has 0 saturated carbocycles. The van der Waals surface area contributed by atoms with Gasteiger partial charge in [0.2, 0.25) is 0 Å². The first-order valence-corrected chi connectivity index (χ1v) is 6.83. The maximum atomic E-state index is 6.11. The van der Waals surface area contributed by atoms with Crippen LogP contribution in [-0.4, -0.2) is 6.10 Å². The summed E-state index contributed by atoms with van der Waals surface area (Å²) in [5.74, 6) is 0. The van der Waals surface area contributed by atoms with Crippen molar-refractivity contribution in [2.24, 2.45) is 0 Å². The first kappa shape index (κ1) is 12.6. The number of halogens is 1. The average Bonchev–Trinajstić information content (AvgIpc) is 2.39. The Morgan fingerprint density at radius 1 is 1.41 bits per heavy atom. The van der Waals surface area contributed by atoms with E-state index in [1.165, 1.54) is 11.1 Å². The largest absolute Gasteiger partial charge is 0.365 e.